The van der Waals surface area contributed by atoms with Crippen LogP contribution in [-0.2, 0) is 10.5 Å². The second-order valence-corrected chi connectivity index (χ2v) is 5.36. The van der Waals surface area contributed by atoms with Gasteiger partial charge in [-0.05, 0) is 25.6 Å². The predicted molar refractivity (Wildman–Crippen MR) is 78.4 cm³/mol. The lowest BCUT2D eigenvalue weighted by Crippen LogP contribution is -2.44. The number of likely N-dealkylation sites (N-methyl/N-ethyl adjacent to an activating group) is 1. The van der Waals surface area contributed by atoms with Crippen molar-refractivity contribution in [1.29, 1.82) is 0 Å². The number of carbonyl (C=O) groups excluding carboxylic acids is 1. The van der Waals surface area contributed by atoms with E-state index in [-0.39, 0.29) is 6.42 Å². The fourth-order valence-corrected chi connectivity index (χ4v) is 2.53. The number of nitrogens with zero attached hydrogens (tertiary/aromatic N) is 2. The number of nitrogens with two attached hydrogens (primary N) is 1. The molecule has 5 heteroatoms. The summed E-state index contributed by atoms with van der Waals surface area (Å²) >= 11 is 0. The van der Waals surface area contributed by atoms with Gasteiger partial charge in [0.05, 0.1) is 0 Å². The molecule has 0 radical (unpaired) electrons. The standard InChI is InChI=1S/C15H22FN3O/c1-3-15(16,14(17)20)12-5-4-6-13(11-12)19-9-7-18(2)8-10-19/h4-6,11H,3,7-10H2,1-2H3,(H2,17,20). The summed E-state index contributed by atoms with van der Waals surface area (Å²) in [6.07, 6.45) is 0.0501. The number of alkyl halides is 1. The van der Waals surface area contributed by atoms with Crippen LogP contribution in [0.2, 0.25) is 0 Å². The Morgan fingerprint density at radius 1 is 1.35 bits per heavy atom. The van der Waals surface area contributed by atoms with Crippen LogP contribution in [0.3, 0.4) is 0 Å². The molecule has 1 atom stereocenters. The average molecular weight is 279 g/mol. The monoisotopic (exact) mass is 279 g/mol. The third-order valence-electron chi connectivity index (χ3n) is 4.05. The molecule has 1 aromatic rings. The van der Waals surface area contributed by atoms with Crippen molar-refractivity contribution < 1.29 is 9.18 Å². The molecular weight excluding hydrogens is 257 g/mol. The molecule has 0 bridgehead atoms. The van der Waals surface area contributed by atoms with Crippen LogP contribution >= 0.6 is 0 Å². The minimum Gasteiger partial charge on any atom is -0.369 e. The molecule has 2 rings (SSSR count). The first-order valence-electron chi connectivity index (χ1n) is 7.00. The van der Waals surface area contributed by atoms with Gasteiger partial charge in [-0.2, -0.15) is 0 Å². The predicted octanol–water partition coefficient (Wildman–Crippen LogP) is 1.50. The van der Waals surface area contributed by atoms with E-state index in [0.717, 1.165) is 31.9 Å². The van der Waals surface area contributed by atoms with Crippen LogP contribution in [0.4, 0.5) is 10.1 Å². The van der Waals surface area contributed by atoms with Gasteiger partial charge in [-0.3, -0.25) is 4.79 Å². The Hall–Kier alpha value is -1.62. The Morgan fingerprint density at radius 3 is 2.55 bits per heavy atom. The highest BCUT2D eigenvalue weighted by atomic mass is 19.1. The molecule has 1 saturated heterocycles. The minimum atomic E-state index is -2.08. The van der Waals surface area contributed by atoms with E-state index in [1.165, 1.54) is 0 Å². The number of halogens is 1. The molecule has 20 heavy (non-hydrogen) atoms. The van der Waals surface area contributed by atoms with Gasteiger partial charge in [0.25, 0.3) is 5.91 Å². The first-order chi connectivity index (χ1) is 9.47. The summed E-state index contributed by atoms with van der Waals surface area (Å²) in [7, 11) is 2.09. The van der Waals surface area contributed by atoms with E-state index in [9.17, 15) is 9.18 Å². The highest BCUT2D eigenvalue weighted by molar-refractivity contribution is 5.85. The summed E-state index contributed by atoms with van der Waals surface area (Å²) in [5, 5.41) is 0. The lowest BCUT2D eigenvalue weighted by atomic mass is 9.92. The smallest absolute Gasteiger partial charge is 0.259 e. The van der Waals surface area contributed by atoms with E-state index >= 15 is 0 Å². The Kier molecular flexibility index (Phi) is 4.28. The van der Waals surface area contributed by atoms with Gasteiger partial charge < -0.3 is 15.5 Å². The molecule has 0 aromatic heterocycles. The summed E-state index contributed by atoms with van der Waals surface area (Å²) in [6.45, 7) is 5.40. The molecule has 1 aliphatic rings. The van der Waals surface area contributed by atoms with Crippen LogP contribution < -0.4 is 10.6 Å². The lowest BCUT2D eigenvalue weighted by Gasteiger charge is -2.34. The second-order valence-electron chi connectivity index (χ2n) is 5.36. The van der Waals surface area contributed by atoms with Crippen molar-refractivity contribution in [2.45, 2.75) is 19.0 Å². The third kappa shape index (κ3) is 2.77. The fourth-order valence-electron chi connectivity index (χ4n) is 2.53. The number of primary amides is 1. The SMILES string of the molecule is CCC(F)(C(N)=O)c1cccc(N2CCN(C)CC2)c1. The Morgan fingerprint density at radius 2 is 2.00 bits per heavy atom. The lowest BCUT2D eigenvalue weighted by molar-refractivity contribution is -0.130. The molecule has 1 aliphatic heterocycles. The molecule has 110 valence electrons. The Bertz CT molecular complexity index is 486. The molecule has 1 fully saturated rings. The van der Waals surface area contributed by atoms with Crippen LogP contribution in [0.15, 0.2) is 24.3 Å². The first kappa shape index (κ1) is 14.8. The molecule has 0 spiro atoms. The fraction of sp³-hybridized carbons (Fsp3) is 0.533. The third-order valence-corrected chi connectivity index (χ3v) is 4.05. The van der Waals surface area contributed by atoms with Crippen LogP contribution in [0, 0.1) is 0 Å². The molecule has 1 amide bonds. The van der Waals surface area contributed by atoms with Gasteiger partial charge in [-0.15, -0.1) is 0 Å². The number of piperazine rings is 1. The number of amides is 1. The molecule has 4 nitrogen and oxygen atoms in total. The average Bonchev–Trinajstić information content (AvgIpc) is 2.47. The minimum absolute atomic E-state index is 0.0501. The largest absolute Gasteiger partial charge is 0.369 e. The number of benzene rings is 1. The Balaban J connectivity index is 2.26. The van der Waals surface area contributed by atoms with Crippen molar-refractivity contribution in [3.8, 4) is 0 Å². The van der Waals surface area contributed by atoms with Crippen molar-refractivity contribution in [2.75, 3.05) is 38.1 Å². The van der Waals surface area contributed by atoms with Gasteiger partial charge in [0.2, 0.25) is 5.67 Å². The molecule has 0 saturated carbocycles. The van der Waals surface area contributed by atoms with E-state index in [4.69, 9.17) is 5.73 Å². The molecule has 1 aromatic carbocycles. The zero-order valence-corrected chi connectivity index (χ0v) is 12.1. The van der Waals surface area contributed by atoms with Crippen LogP contribution in [0.25, 0.3) is 0 Å². The zero-order valence-electron chi connectivity index (χ0n) is 12.1. The number of hydrogen-bond acceptors (Lipinski definition) is 3. The van der Waals surface area contributed by atoms with E-state index in [1.807, 2.05) is 6.07 Å². The topological polar surface area (TPSA) is 49.6 Å². The van der Waals surface area contributed by atoms with Crippen LogP contribution in [-0.4, -0.2) is 44.0 Å². The van der Waals surface area contributed by atoms with Gasteiger partial charge in [0.15, 0.2) is 0 Å². The molecule has 0 aliphatic carbocycles. The molecule has 2 N–H and O–H groups in total. The highest BCUT2D eigenvalue weighted by Crippen LogP contribution is 2.32. The number of anilines is 1. The van der Waals surface area contributed by atoms with Crippen molar-refractivity contribution in [3.63, 3.8) is 0 Å². The summed E-state index contributed by atoms with van der Waals surface area (Å²) in [5.41, 5.74) is 4.45. The van der Waals surface area contributed by atoms with E-state index in [2.05, 4.69) is 16.8 Å². The highest BCUT2D eigenvalue weighted by Gasteiger charge is 2.37. The van der Waals surface area contributed by atoms with Gasteiger partial charge in [0, 0.05) is 37.4 Å². The second kappa shape index (κ2) is 5.79. The Labute approximate surface area is 119 Å². The quantitative estimate of drug-likeness (QED) is 0.908. The van der Waals surface area contributed by atoms with Crippen molar-refractivity contribution >= 4 is 11.6 Å². The van der Waals surface area contributed by atoms with Crippen LogP contribution in [0.5, 0.6) is 0 Å². The summed E-state index contributed by atoms with van der Waals surface area (Å²) in [4.78, 5) is 15.9. The summed E-state index contributed by atoms with van der Waals surface area (Å²) in [5.74, 6) is -0.921. The molecular formula is C15H22FN3O. The van der Waals surface area contributed by atoms with Gasteiger partial charge in [-0.25, -0.2) is 4.39 Å². The number of rotatable bonds is 4. The first-order valence-corrected chi connectivity index (χ1v) is 7.00. The number of hydrogen-bond donors (Lipinski definition) is 1. The zero-order chi connectivity index (χ0) is 14.8. The van der Waals surface area contributed by atoms with E-state index < -0.39 is 11.6 Å². The van der Waals surface area contributed by atoms with Gasteiger partial charge in [-0.1, -0.05) is 19.1 Å². The van der Waals surface area contributed by atoms with Crippen molar-refractivity contribution in [3.05, 3.63) is 29.8 Å². The van der Waals surface area contributed by atoms with E-state index in [1.54, 1.807) is 25.1 Å². The van der Waals surface area contributed by atoms with Gasteiger partial charge >= 0.3 is 0 Å². The van der Waals surface area contributed by atoms with Crippen molar-refractivity contribution in [1.82, 2.24) is 4.90 Å². The summed E-state index contributed by atoms with van der Waals surface area (Å²) in [6, 6.07) is 7.12. The maximum absolute atomic E-state index is 14.7. The van der Waals surface area contributed by atoms with Gasteiger partial charge in [0.1, 0.15) is 0 Å². The molecule has 1 heterocycles. The maximum atomic E-state index is 14.7. The molecule has 1 unspecified atom stereocenters. The maximum Gasteiger partial charge on any atom is 0.259 e. The van der Waals surface area contributed by atoms with Crippen LogP contribution in [0.1, 0.15) is 18.9 Å². The number of carbonyl (C=O) groups is 1. The summed E-state index contributed by atoms with van der Waals surface area (Å²) < 4.78 is 14.7. The van der Waals surface area contributed by atoms with E-state index in [0.29, 0.717) is 5.56 Å². The van der Waals surface area contributed by atoms with Crippen molar-refractivity contribution in [2.24, 2.45) is 5.73 Å². The normalized spacial score (nSPS) is 19.6.